The monoisotopic (exact) mass is 303 g/mol. The highest BCUT2D eigenvalue weighted by Gasteiger charge is 2.17. The van der Waals surface area contributed by atoms with Gasteiger partial charge in [0.25, 0.3) is 0 Å². The molecule has 0 saturated heterocycles. The van der Waals surface area contributed by atoms with Crippen LogP contribution in [0.5, 0.6) is 0 Å². The molecule has 0 fully saturated rings. The van der Waals surface area contributed by atoms with E-state index in [1.54, 1.807) is 6.20 Å². The number of benzene rings is 2. The molecular weight excluding hydrogens is 286 g/mol. The van der Waals surface area contributed by atoms with Crippen molar-refractivity contribution in [1.29, 1.82) is 0 Å². The number of ether oxygens (including phenoxy) is 1. The molecule has 2 aromatic carbocycles. The molecule has 0 N–H and O–H groups in total. The van der Waals surface area contributed by atoms with Gasteiger partial charge in [-0.3, -0.25) is 4.98 Å². The summed E-state index contributed by atoms with van der Waals surface area (Å²) < 4.78 is 4.92. The molecule has 0 aliphatic heterocycles. The highest BCUT2D eigenvalue weighted by Crippen LogP contribution is 2.28. The summed E-state index contributed by atoms with van der Waals surface area (Å²) in [7, 11) is 1.39. The van der Waals surface area contributed by atoms with Crippen LogP contribution in [0, 0.1) is 6.92 Å². The number of pyridine rings is 1. The Bertz CT molecular complexity index is 841. The molecule has 114 valence electrons. The second-order valence-corrected chi connectivity index (χ2v) is 5.29. The number of aryl methyl sites for hydroxylation is 1. The molecule has 3 aromatic rings. The quantitative estimate of drug-likeness (QED) is 0.668. The second kappa shape index (κ2) is 6.44. The molecule has 1 heterocycles. The zero-order valence-electron chi connectivity index (χ0n) is 13.1. The summed E-state index contributed by atoms with van der Waals surface area (Å²) in [6.45, 7) is 1.89. The van der Waals surface area contributed by atoms with Gasteiger partial charge in [-0.25, -0.2) is 4.79 Å². The lowest BCUT2D eigenvalue weighted by Gasteiger charge is -2.11. The van der Waals surface area contributed by atoms with Gasteiger partial charge in [0.15, 0.2) is 0 Å². The lowest BCUT2D eigenvalue weighted by atomic mass is 9.98. The molecule has 0 bridgehead atoms. The van der Waals surface area contributed by atoms with Gasteiger partial charge in [0, 0.05) is 11.8 Å². The van der Waals surface area contributed by atoms with Crippen LogP contribution < -0.4 is 0 Å². The summed E-state index contributed by atoms with van der Waals surface area (Å²) in [4.78, 5) is 16.5. The minimum atomic E-state index is -0.365. The fourth-order valence-corrected chi connectivity index (χ4v) is 2.61. The zero-order valence-corrected chi connectivity index (χ0v) is 13.1. The summed E-state index contributed by atoms with van der Waals surface area (Å²) >= 11 is 0. The van der Waals surface area contributed by atoms with Gasteiger partial charge in [-0.05, 0) is 35.7 Å². The first-order valence-electron chi connectivity index (χ1n) is 7.40. The Balaban J connectivity index is 2.14. The van der Waals surface area contributed by atoms with E-state index >= 15 is 0 Å². The van der Waals surface area contributed by atoms with Crippen molar-refractivity contribution in [2.24, 2.45) is 0 Å². The Morgan fingerprint density at radius 3 is 2.35 bits per heavy atom. The molecule has 0 aliphatic rings. The van der Waals surface area contributed by atoms with Crippen LogP contribution in [0.3, 0.4) is 0 Å². The van der Waals surface area contributed by atoms with E-state index in [1.807, 2.05) is 55.5 Å². The van der Waals surface area contributed by atoms with Crippen molar-refractivity contribution in [2.75, 3.05) is 7.11 Å². The average Bonchev–Trinajstić information content (AvgIpc) is 2.62. The van der Waals surface area contributed by atoms with Crippen LogP contribution in [-0.2, 0) is 4.74 Å². The predicted molar refractivity (Wildman–Crippen MR) is 91.2 cm³/mol. The van der Waals surface area contributed by atoms with Crippen molar-refractivity contribution in [3.05, 3.63) is 78.0 Å². The third-order valence-corrected chi connectivity index (χ3v) is 3.79. The lowest BCUT2D eigenvalue weighted by Crippen LogP contribution is -2.07. The Kier molecular flexibility index (Phi) is 4.20. The predicted octanol–water partition coefficient (Wildman–Crippen LogP) is 4.51. The van der Waals surface area contributed by atoms with Crippen LogP contribution >= 0.6 is 0 Å². The van der Waals surface area contributed by atoms with Crippen molar-refractivity contribution in [1.82, 2.24) is 4.98 Å². The Morgan fingerprint density at radius 1 is 0.913 bits per heavy atom. The van der Waals surface area contributed by atoms with Gasteiger partial charge in [-0.2, -0.15) is 0 Å². The summed E-state index contributed by atoms with van der Waals surface area (Å²) in [6, 6.07) is 20.0. The first kappa shape index (κ1) is 15.0. The molecule has 1 aromatic heterocycles. The maximum atomic E-state index is 12.1. The smallest absolute Gasteiger partial charge is 0.340 e. The van der Waals surface area contributed by atoms with Crippen molar-refractivity contribution in [3.8, 4) is 22.4 Å². The molecule has 3 rings (SSSR count). The van der Waals surface area contributed by atoms with Gasteiger partial charge in [0.1, 0.15) is 0 Å². The second-order valence-electron chi connectivity index (χ2n) is 5.29. The van der Waals surface area contributed by atoms with Crippen LogP contribution in [0.1, 0.15) is 15.9 Å². The molecule has 0 aliphatic carbocycles. The van der Waals surface area contributed by atoms with E-state index in [1.165, 1.54) is 7.11 Å². The van der Waals surface area contributed by atoms with Gasteiger partial charge < -0.3 is 4.74 Å². The normalized spacial score (nSPS) is 10.3. The first-order chi connectivity index (χ1) is 11.2. The number of hydrogen-bond acceptors (Lipinski definition) is 3. The lowest BCUT2D eigenvalue weighted by molar-refractivity contribution is 0.0600. The third kappa shape index (κ3) is 2.99. The number of carbonyl (C=O) groups is 1. The number of methoxy groups -OCH3 is 1. The van der Waals surface area contributed by atoms with Gasteiger partial charge in [-0.1, -0.05) is 48.5 Å². The number of carbonyl (C=O) groups excluding carboxylic acids is 1. The first-order valence-corrected chi connectivity index (χ1v) is 7.40. The van der Waals surface area contributed by atoms with E-state index in [2.05, 4.69) is 17.1 Å². The van der Waals surface area contributed by atoms with Crippen LogP contribution in [0.25, 0.3) is 22.4 Å². The highest BCUT2D eigenvalue weighted by atomic mass is 16.5. The molecular formula is C20H17NO2. The topological polar surface area (TPSA) is 39.2 Å². The van der Waals surface area contributed by atoms with Crippen molar-refractivity contribution >= 4 is 5.97 Å². The summed E-state index contributed by atoms with van der Waals surface area (Å²) in [5.41, 5.74) is 5.13. The number of nitrogens with zero attached hydrogens (tertiary/aromatic N) is 1. The van der Waals surface area contributed by atoms with E-state index in [0.717, 1.165) is 22.3 Å². The van der Waals surface area contributed by atoms with E-state index in [-0.39, 0.29) is 5.97 Å². The maximum absolute atomic E-state index is 12.1. The molecule has 0 atom stereocenters. The minimum Gasteiger partial charge on any atom is -0.465 e. The number of hydrogen-bond donors (Lipinski definition) is 0. The van der Waals surface area contributed by atoms with E-state index < -0.39 is 0 Å². The van der Waals surface area contributed by atoms with Crippen LogP contribution in [0.15, 0.2) is 66.9 Å². The molecule has 23 heavy (non-hydrogen) atoms. The minimum absolute atomic E-state index is 0.365. The van der Waals surface area contributed by atoms with Gasteiger partial charge >= 0.3 is 5.97 Å². The van der Waals surface area contributed by atoms with Crippen LogP contribution in [0.2, 0.25) is 0 Å². The SMILES string of the molecule is COC(=O)c1c(C)ccnc1-c1cccc(-c2ccccc2)c1. The molecule has 0 amide bonds. The van der Waals surface area contributed by atoms with E-state index in [9.17, 15) is 4.79 Å². The Labute approximate surface area is 135 Å². The Morgan fingerprint density at radius 2 is 1.61 bits per heavy atom. The number of rotatable bonds is 3. The van der Waals surface area contributed by atoms with Crippen molar-refractivity contribution in [2.45, 2.75) is 6.92 Å². The fourth-order valence-electron chi connectivity index (χ4n) is 2.61. The third-order valence-electron chi connectivity index (χ3n) is 3.79. The van der Waals surface area contributed by atoms with Crippen LogP contribution in [0.4, 0.5) is 0 Å². The average molecular weight is 303 g/mol. The van der Waals surface area contributed by atoms with Crippen LogP contribution in [-0.4, -0.2) is 18.1 Å². The van der Waals surface area contributed by atoms with Gasteiger partial charge in [-0.15, -0.1) is 0 Å². The maximum Gasteiger partial charge on any atom is 0.340 e. The van der Waals surface area contributed by atoms with Crippen molar-refractivity contribution in [3.63, 3.8) is 0 Å². The summed E-state index contributed by atoms with van der Waals surface area (Å²) in [5, 5.41) is 0. The molecule has 0 unspecified atom stereocenters. The molecule has 3 heteroatoms. The Hall–Kier alpha value is -2.94. The summed E-state index contributed by atoms with van der Waals surface area (Å²) in [6.07, 6.45) is 1.71. The standard InChI is InChI=1S/C20H17NO2/c1-14-11-12-21-19(18(14)20(22)23-2)17-10-6-9-16(13-17)15-7-4-3-5-8-15/h3-13H,1-2H3. The molecule has 3 nitrogen and oxygen atoms in total. The highest BCUT2D eigenvalue weighted by molar-refractivity contribution is 5.97. The molecule has 0 saturated carbocycles. The van der Waals surface area contributed by atoms with Gasteiger partial charge in [0.05, 0.1) is 18.4 Å². The fraction of sp³-hybridized carbons (Fsp3) is 0.100. The van der Waals surface area contributed by atoms with E-state index in [0.29, 0.717) is 11.3 Å². The van der Waals surface area contributed by atoms with Gasteiger partial charge in [0.2, 0.25) is 0 Å². The number of esters is 1. The van der Waals surface area contributed by atoms with E-state index in [4.69, 9.17) is 4.74 Å². The molecule has 0 spiro atoms. The summed E-state index contributed by atoms with van der Waals surface area (Å²) in [5.74, 6) is -0.365. The van der Waals surface area contributed by atoms with Crippen molar-refractivity contribution < 1.29 is 9.53 Å². The number of aromatic nitrogens is 1. The largest absolute Gasteiger partial charge is 0.465 e. The zero-order chi connectivity index (χ0) is 16.2. The molecule has 0 radical (unpaired) electrons.